The van der Waals surface area contributed by atoms with Crippen molar-refractivity contribution in [1.82, 2.24) is 0 Å². The van der Waals surface area contributed by atoms with Gasteiger partial charge in [-0.1, -0.05) is 83.2 Å². The van der Waals surface area contributed by atoms with Crippen molar-refractivity contribution in [3.8, 4) is 0 Å². The molecular formula is C35H41BrO10. The highest BCUT2D eigenvalue weighted by atomic mass is 79.9. The fourth-order valence-corrected chi connectivity index (χ4v) is 5.57. The summed E-state index contributed by atoms with van der Waals surface area (Å²) in [7, 11) is 1.30. The van der Waals surface area contributed by atoms with E-state index in [9.17, 15) is 19.5 Å². The van der Waals surface area contributed by atoms with Gasteiger partial charge in [-0.05, 0) is 48.9 Å². The van der Waals surface area contributed by atoms with Gasteiger partial charge in [0.05, 0.1) is 18.4 Å². The van der Waals surface area contributed by atoms with Crippen molar-refractivity contribution in [2.75, 3.05) is 20.3 Å². The number of carbonyl (C=O) groups excluding carboxylic acids is 3. The molecule has 0 bridgehead atoms. The number of methoxy groups -OCH3 is 1. The van der Waals surface area contributed by atoms with Crippen molar-refractivity contribution in [3.63, 3.8) is 0 Å². The highest BCUT2D eigenvalue weighted by Crippen LogP contribution is 2.32. The molecule has 0 unspecified atom stereocenters. The minimum Gasteiger partial charge on any atom is -0.455 e. The molecule has 0 radical (unpaired) electrons. The molecular weight excluding hydrogens is 660 g/mol. The number of benzene rings is 2. The smallest absolute Gasteiger partial charge is 0.455 e. The maximum absolute atomic E-state index is 13.8. The van der Waals surface area contributed by atoms with Crippen LogP contribution in [0.15, 0.2) is 97.0 Å². The summed E-state index contributed by atoms with van der Waals surface area (Å²) in [4.78, 5) is 40.1. The lowest BCUT2D eigenvalue weighted by atomic mass is 9.94. The van der Waals surface area contributed by atoms with Crippen LogP contribution in [0.1, 0.15) is 24.0 Å². The highest BCUT2D eigenvalue weighted by molar-refractivity contribution is 9.10. The summed E-state index contributed by atoms with van der Waals surface area (Å²) in [5.41, 5.74) is 1.77. The molecule has 1 N–H and O–H groups in total. The Kier molecular flexibility index (Phi) is 15.2. The fraction of sp³-hybridized carbons (Fsp3) is 0.400. The minimum absolute atomic E-state index is 0.149. The van der Waals surface area contributed by atoms with E-state index in [1.165, 1.54) is 13.2 Å². The summed E-state index contributed by atoms with van der Waals surface area (Å²) in [6.07, 6.45) is -2.12. The number of aliphatic hydroxyl groups excluding tert-OH is 1. The number of halogens is 1. The van der Waals surface area contributed by atoms with E-state index in [2.05, 4.69) is 35.7 Å². The van der Waals surface area contributed by atoms with Gasteiger partial charge in [0.25, 0.3) is 0 Å². The first-order chi connectivity index (χ1) is 22.2. The maximum atomic E-state index is 13.8. The van der Waals surface area contributed by atoms with Crippen molar-refractivity contribution < 1.29 is 47.9 Å². The number of ether oxygens (including phenoxy) is 6. The van der Waals surface area contributed by atoms with E-state index < -0.39 is 67.2 Å². The third kappa shape index (κ3) is 10.7. The van der Waals surface area contributed by atoms with Crippen LogP contribution in [0.4, 0.5) is 4.79 Å². The van der Waals surface area contributed by atoms with Crippen LogP contribution in [0, 0.1) is 11.8 Å². The van der Waals surface area contributed by atoms with Gasteiger partial charge >= 0.3 is 18.1 Å². The second kappa shape index (κ2) is 19.0. The van der Waals surface area contributed by atoms with Gasteiger partial charge in [-0.3, -0.25) is 9.59 Å². The molecule has 2 aromatic carbocycles. The zero-order chi connectivity index (χ0) is 33.5. The number of carbonyl (C=O) groups is 3. The van der Waals surface area contributed by atoms with Gasteiger partial charge in [0.1, 0.15) is 12.7 Å². The molecule has 0 saturated carbocycles. The summed E-state index contributed by atoms with van der Waals surface area (Å²) in [6, 6.07) is 16.9. The molecule has 0 aliphatic carbocycles. The van der Waals surface area contributed by atoms with Gasteiger partial charge in [-0.15, -0.1) is 13.2 Å². The van der Waals surface area contributed by atoms with E-state index >= 15 is 0 Å². The number of aliphatic hydroxyl groups is 1. The predicted octanol–water partition coefficient (Wildman–Crippen LogP) is 5.51. The maximum Gasteiger partial charge on any atom is 0.509 e. The van der Waals surface area contributed by atoms with E-state index in [1.807, 2.05) is 54.6 Å². The van der Waals surface area contributed by atoms with Crippen LogP contribution in [0.25, 0.3) is 0 Å². The zero-order valence-electron chi connectivity index (χ0n) is 25.8. The second-order valence-corrected chi connectivity index (χ2v) is 11.6. The topological polar surface area (TPSA) is 127 Å². The van der Waals surface area contributed by atoms with Crippen molar-refractivity contribution in [1.29, 1.82) is 0 Å². The normalized spacial score (nSPS) is 22.0. The molecule has 0 amide bonds. The molecule has 1 aliphatic heterocycles. The Hall–Kier alpha value is -3.77. The summed E-state index contributed by atoms with van der Waals surface area (Å²) in [5.74, 6) is -2.66. The number of hydrogen-bond donors (Lipinski definition) is 1. The molecule has 0 spiro atoms. The number of rotatable bonds is 17. The van der Waals surface area contributed by atoms with Gasteiger partial charge in [0.2, 0.25) is 0 Å². The third-order valence-corrected chi connectivity index (χ3v) is 7.82. The lowest BCUT2D eigenvalue weighted by Crippen LogP contribution is -2.63. The monoisotopic (exact) mass is 700 g/mol. The molecule has 1 saturated heterocycles. The van der Waals surface area contributed by atoms with Crippen molar-refractivity contribution in [2.24, 2.45) is 11.8 Å². The Labute approximate surface area is 278 Å². The first kappa shape index (κ1) is 36.7. The van der Waals surface area contributed by atoms with Crippen LogP contribution in [0.3, 0.4) is 0 Å². The zero-order valence-corrected chi connectivity index (χ0v) is 27.4. The first-order valence-electron chi connectivity index (χ1n) is 14.9. The highest BCUT2D eigenvalue weighted by Gasteiger charge is 2.53. The summed E-state index contributed by atoms with van der Waals surface area (Å²) in [5, 5.41) is 10.3. The molecule has 2 aromatic rings. The van der Waals surface area contributed by atoms with E-state index in [0.29, 0.717) is 12.8 Å². The molecule has 46 heavy (non-hydrogen) atoms. The molecule has 3 rings (SSSR count). The average molecular weight is 702 g/mol. The molecule has 11 heteroatoms. The van der Waals surface area contributed by atoms with E-state index in [0.717, 1.165) is 15.6 Å². The lowest BCUT2D eigenvalue weighted by molar-refractivity contribution is -0.301. The number of hydrogen-bond acceptors (Lipinski definition) is 10. The number of esters is 2. The largest absolute Gasteiger partial charge is 0.509 e. The Balaban J connectivity index is 1.97. The molecule has 10 nitrogen and oxygen atoms in total. The molecule has 1 fully saturated rings. The van der Waals surface area contributed by atoms with Gasteiger partial charge in [0.15, 0.2) is 24.6 Å². The van der Waals surface area contributed by atoms with Gasteiger partial charge in [-0.25, -0.2) is 4.79 Å². The standard InChI is InChI=1S/C35H41BrO10/c1-5-12-25(19-23-14-9-8-10-15-23)33(39)45-30-29(28(22-37)43-34(41-4)31(30)46-35(40)42-18-7-3)44-32(38)26(13-6-2)20-24-16-11-17-27(36)21-24/h5-11,14-17,21,25-26,28-31,34,37H,1-3,12-13,18-20,22H2,4H3/t25-,26-,28-,29-,30+,31-,34+/m1/s1. The van der Waals surface area contributed by atoms with Crippen molar-refractivity contribution in [3.05, 3.63) is 108 Å². The van der Waals surface area contributed by atoms with Crippen LogP contribution >= 0.6 is 15.9 Å². The Morgan fingerprint density at radius 1 is 0.848 bits per heavy atom. The minimum atomic E-state index is -1.44. The second-order valence-electron chi connectivity index (χ2n) is 10.7. The fourth-order valence-electron chi connectivity index (χ4n) is 5.12. The van der Waals surface area contributed by atoms with Crippen LogP contribution in [0.2, 0.25) is 0 Å². The van der Waals surface area contributed by atoms with Crippen molar-refractivity contribution >= 4 is 34.0 Å². The van der Waals surface area contributed by atoms with E-state index in [1.54, 1.807) is 12.2 Å². The third-order valence-electron chi connectivity index (χ3n) is 7.32. The summed E-state index contributed by atoms with van der Waals surface area (Å²) in [6.45, 7) is 10.3. The van der Waals surface area contributed by atoms with Crippen LogP contribution in [-0.4, -0.2) is 74.2 Å². The van der Waals surface area contributed by atoms with Gasteiger partial charge in [-0.2, -0.15) is 0 Å². The van der Waals surface area contributed by atoms with E-state index in [4.69, 9.17) is 28.4 Å². The quantitative estimate of drug-likeness (QED) is 0.128. The Morgan fingerprint density at radius 2 is 1.46 bits per heavy atom. The number of allylic oxidation sites excluding steroid dienone is 2. The molecule has 248 valence electrons. The Morgan fingerprint density at radius 3 is 2.02 bits per heavy atom. The SMILES string of the molecule is C=CCOC(=O)O[C@H]1[C@@H](OC)O[C@H](CO)[C@@H](OC(=O)[C@H](CC=C)Cc2cccc(Br)c2)[C@@H]1OC(=O)[C@H](CC=C)Cc1ccccc1. The predicted molar refractivity (Wildman–Crippen MR) is 174 cm³/mol. The van der Waals surface area contributed by atoms with Crippen LogP contribution < -0.4 is 0 Å². The molecule has 1 heterocycles. The van der Waals surface area contributed by atoms with Crippen molar-refractivity contribution in [2.45, 2.75) is 56.4 Å². The average Bonchev–Trinajstić information content (AvgIpc) is 3.05. The summed E-state index contributed by atoms with van der Waals surface area (Å²) < 4.78 is 34.7. The lowest BCUT2D eigenvalue weighted by Gasteiger charge is -2.44. The Bertz CT molecular complexity index is 1320. The van der Waals surface area contributed by atoms with Gasteiger partial charge in [0, 0.05) is 11.6 Å². The molecule has 1 aliphatic rings. The first-order valence-corrected chi connectivity index (χ1v) is 15.7. The molecule has 7 atom stereocenters. The van der Waals surface area contributed by atoms with Crippen LogP contribution in [-0.2, 0) is 50.9 Å². The van der Waals surface area contributed by atoms with Gasteiger partial charge < -0.3 is 33.5 Å². The van der Waals surface area contributed by atoms with Crippen LogP contribution in [0.5, 0.6) is 0 Å². The summed E-state index contributed by atoms with van der Waals surface area (Å²) >= 11 is 3.45. The molecule has 0 aromatic heterocycles. The van der Waals surface area contributed by atoms with E-state index in [-0.39, 0.29) is 19.4 Å².